The molecule has 0 aromatic heterocycles. The summed E-state index contributed by atoms with van der Waals surface area (Å²) in [6.45, 7) is 1.15. The third kappa shape index (κ3) is 3.47. The number of rotatable bonds is 4. The van der Waals surface area contributed by atoms with Gasteiger partial charge in [-0.25, -0.2) is 4.79 Å². The topological polar surface area (TPSA) is 78.8 Å². The van der Waals surface area contributed by atoms with Crippen LogP contribution in [0.2, 0.25) is 0 Å². The van der Waals surface area contributed by atoms with Gasteiger partial charge in [-0.05, 0) is 24.3 Å². The Balaban J connectivity index is 2.81. The lowest BCUT2D eigenvalue weighted by atomic mass is 10.3. The average Bonchev–Trinajstić information content (AvgIpc) is 2.20. The maximum Gasteiger partial charge on any atom is 0.360 e. The molecule has 0 aliphatic rings. The van der Waals surface area contributed by atoms with Crippen molar-refractivity contribution in [2.75, 3.05) is 5.43 Å². The summed E-state index contributed by atoms with van der Waals surface area (Å²) in [6, 6.07) is 6.94. The summed E-state index contributed by atoms with van der Waals surface area (Å²) in [6.07, 6.45) is 0. The minimum Gasteiger partial charge on any atom is -0.476 e. The lowest BCUT2D eigenvalue weighted by molar-refractivity contribution is -0.130. The quantitative estimate of drug-likeness (QED) is 0.503. The number of Topliss-reactive ketones (excluding diaryl/α,β-unsaturated/α-hetero) is 1. The molecule has 0 unspecified atom stereocenters. The molecule has 1 rings (SSSR count). The highest BCUT2D eigenvalue weighted by Crippen LogP contribution is 2.13. The van der Waals surface area contributed by atoms with Crippen LogP contribution < -0.4 is 5.43 Å². The largest absolute Gasteiger partial charge is 0.476 e. The Morgan fingerprint density at radius 2 is 1.88 bits per heavy atom. The van der Waals surface area contributed by atoms with Crippen LogP contribution in [0.25, 0.3) is 0 Å². The summed E-state index contributed by atoms with van der Waals surface area (Å²) in [5, 5.41) is 12.2. The van der Waals surface area contributed by atoms with Crippen molar-refractivity contribution in [3.8, 4) is 0 Å². The highest BCUT2D eigenvalue weighted by molar-refractivity contribution is 9.10. The van der Waals surface area contributed by atoms with Crippen LogP contribution in [-0.4, -0.2) is 22.6 Å². The lowest BCUT2D eigenvalue weighted by Crippen LogP contribution is -2.22. The van der Waals surface area contributed by atoms with Crippen molar-refractivity contribution in [1.82, 2.24) is 0 Å². The fraction of sp³-hybridized carbons (Fsp3) is 0.100. The molecule has 0 atom stereocenters. The van der Waals surface area contributed by atoms with Gasteiger partial charge < -0.3 is 5.11 Å². The molecule has 0 amide bonds. The fourth-order valence-corrected chi connectivity index (χ4v) is 1.19. The summed E-state index contributed by atoms with van der Waals surface area (Å²) < 4.78 is 0.895. The van der Waals surface area contributed by atoms with Gasteiger partial charge >= 0.3 is 5.97 Å². The average molecular weight is 285 g/mol. The third-order valence-corrected chi connectivity index (χ3v) is 2.21. The summed E-state index contributed by atoms with van der Waals surface area (Å²) in [5.41, 5.74) is 2.58. The number of carbonyl (C=O) groups is 2. The zero-order chi connectivity index (χ0) is 12.1. The standard InChI is InChI=1S/C10H9BrN2O3/c1-6(14)9(10(15)16)13-12-8-4-2-7(11)3-5-8/h2-5,12H,1H3,(H,15,16). The molecule has 1 aromatic carbocycles. The van der Waals surface area contributed by atoms with Crippen molar-refractivity contribution in [3.63, 3.8) is 0 Å². The normalized spacial score (nSPS) is 11.0. The fourth-order valence-electron chi connectivity index (χ4n) is 0.922. The van der Waals surface area contributed by atoms with Gasteiger partial charge in [-0.3, -0.25) is 10.2 Å². The van der Waals surface area contributed by atoms with Crippen LogP contribution in [0.4, 0.5) is 5.69 Å². The first kappa shape index (κ1) is 12.4. The molecule has 0 radical (unpaired) electrons. The number of aliphatic carboxylic acids is 1. The molecule has 2 N–H and O–H groups in total. The Bertz CT molecular complexity index is 424. The van der Waals surface area contributed by atoms with E-state index in [-0.39, 0.29) is 0 Å². The minimum atomic E-state index is -1.35. The van der Waals surface area contributed by atoms with E-state index in [9.17, 15) is 9.59 Å². The van der Waals surface area contributed by atoms with E-state index in [2.05, 4.69) is 26.5 Å². The molecule has 1 aromatic rings. The second kappa shape index (κ2) is 5.41. The van der Waals surface area contributed by atoms with Crippen LogP contribution in [0.5, 0.6) is 0 Å². The number of benzene rings is 1. The van der Waals surface area contributed by atoms with E-state index in [0.29, 0.717) is 5.69 Å². The van der Waals surface area contributed by atoms with Crippen LogP contribution in [0.15, 0.2) is 33.8 Å². The number of carboxylic acids is 1. The van der Waals surface area contributed by atoms with Crippen LogP contribution in [-0.2, 0) is 9.59 Å². The Hall–Kier alpha value is -1.69. The van der Waals surface area contributed by atoms with E-state index < -0.39 is 17.5 Å². The van der Waals surface area contributed by atoms with Gasteiger partial charge in [-0.2, -0.15) is 5.10 Å². The Morgan fingerprint density at radius 3 is 2.31 bits per heavy atom. The van der Waals surface area contributed by atoms with Crippen LogP contribution in [0.1, 0.15) is 6.92 Å². The summed E-state index contributed by atoms with van der Waals surface area (Å²) in [7, 11) is 0. The smallest absolute Gasteiger partial charge is 0.360 e. The number of nitrogens with one attached hydrogen (secondary N) is 1. The molecule has 0 saturated heterocycles. The van der Waals surface area contributed by atoms with Crippen LogP contribution >= 0.6 is 15.9 Å². The molecule has 5 nitrogen and oxygen atoms in total. The lowest BCUT2D eigenvalue weighted by Gasteiger charge is -2.01. The minimum absolute atomic E-state index is 0.525. The zero-order valence-electron chi connectivity index (χ0n) is 8.40. The number of nitrogens with zero attached hydrogens (tertiary/aromatic N) is 1. The summed E-state index contributed by atoms with van der Waals surface area (Å²) in [4.78, 5) is 21.5. The van der Waals surface area contributed by atoms with Gasteiger partial charge in [0.1, 0.15) is 0 Å². The molecule has 6 heteroatoms. The predicted octanol–water partition coefficient (Wildman–Crippen LogP) is 1.89. The molecule has 0 aliphatic carbocycles. The second-order valence-electron chi connectivity index (χ2n) is 2.94. The van der Waals surface area contributed by atoms with E-state index in [1.54, 1.807) is 24.3 Å². The van der Waals surface area contributed by atoms with Gasteiger partial charge in [0.05, 0.1) is 5.69 Å². The first-order chi connectivity index (χ1) is 7.50. The maximum atomic E-state index is 10.9. The van der Waals surface area contributed by atoms with E-state index in [0.717, 1.165) is 11.4 Å². The third-order valence-electron chi connectivity index (χ3n) is 1.68. The van der Waals surface area contributed by atoms with E-state index >= 15 is 0 Å². The van der Waals surface area contributed by atoms with Crippen molar-refractivity contribution < 1.29 is 14.7 Å². The first-order valence-corrected chi connectivity index (χ1v) is 5.13. The number of carboxylic acid groups (broad SMARTS) is 1. The number of ketones is 1. The molecule has 84 valence electrons. The Morgan fingerprint density at radius 1 is 1.31 bits per heavy atom. The van der Waals surface area contributed by atoms with Gasteiger partial charge in [0.25, 0.3) is 0 Å². The number of hydrogen-bond donors (Lipinski definition) is 2. The Kier molecular flexibility index (Phi) is 4.19. The van der Waals surface area contributed by atoms with Crippen molar-refractivity contribution in [1.29, 1.82) is 0 Å². The first-order valence-electron chi connectivity index (χ1n) is 4.34. The maximum absolute atomic E-state index is 10.9. The van der Waals surface area contributed by atoms with Crippen molar-refractivity contribution in [3.05, 3.63) is 28.7 Å². The number of anilines is 1. The molecule has 0 saturated carbocycles. The van der Waals surface area contributed by atoms with Gasteiger partial charge in [-0.1, -0.05) is 15.9 Å². The highest BCUT2D eigenvalue weighted by atomic mass is 79.9. The molecule has 0 heterocycles. The molecular formula is C10H9BrN2O3. The highest BCUT2D eigenvalue weighted by Gasteiger charge is 2.14. The SMILES string of the molecule is CC(=O)C(=NNc1ccc(Br)cc1)C(=O)O. The monoisotopic (exact) mass is 284 g/mol. The van der Waals surface area contributed by atoms with Crippen LogP contribution in [0, 0.1) is 0 Å². The summed E-state index contributed by atoms with van der Waals surface area (Å²) in [5.74, 6) is -1.95. The second-order valence-corrected chi connectivity index (χ2v) is 3.86. The van der Waals surface area contributed by atoms with E-state index in [4.69, 9.17) is 5.11 Å². The van der Waals surface area contributed by atoms with Crippen molar-refractivity contribution >= 4 is 39.1 Å². The van der Waals surface area contributed by atoms with E-state index in [1.807, 2.05) is 0 Å². The molecule has 0 fully saturated rings. The van der Waals surface area contributed by atoms with E-state index in [1.165, 1.54) is 0 Å². The van der Waals surface area contributed by atoms with Crippen molar-refractivity contribution in [2.24, 2.45) is 5.10 Å². The number of hydrazone groups is 1. The van der Waals surface area contributed by atoms with Gasteiger partial charge in [0.2, 0.25) is 5.71 Å². The molecule has 0 bridgehead atoms. The summed E-state index contributed by atoms with van der Waals surface area (Å²) >= 11 is 3.26. The molecule has 16 heavy (non-hydrogen) atoms. The number of carbonyl (C=O) groups excluding carboxylic acids is 1. The molecule has 0 aliphatic heterocycles. The zero-order valence-corrected chi connectivity index (χ0v) is 9.98. The number of halogens is 1. The predicted molar refractivity (Wildman–Crippen MR) is 63.5 cm³/mol. The van der Waals surface area contributed by atoms with Crippen molar-refractivity contribution in [2.45, 2.75) is 6.92 Å². The van der Waals surface area contributed by atoms with Gasteiger partial charge in [-0.15, -0.1) is 0 Å². The number of hydrogen-bond acceptors (Lipinski definition) is 4. The Labute approximate surface area is 100 Å². The molecular weight excluding hydrogens is 276 g/mol. The van der Waals surface area contributed by atoms with Gasteiger partial charge in [0, 0.05) is 11.4 Å². The van der Waals surface area contributed by atoms with Crippen LogP contribution in [0.3, 0.4) is 0 Å². The molecule has 0 spiro atoms. The van der Waals surface area contributed by atoms with Gasteiger partial charge in [0.15, 0.2) is 5.78 Å².